The summed E-state index contributed by atoms with van der Waals surface area (Å²) in [7, 11) is 0. The fourth-order valence-corrected chi connectivity index (χ4v) is 2.95. The number of morpholine rings is 1. The maximum Gasteiger partial charge on any atom is 0.242 e. The van der Waals surface area contributed by atoms with Gasteiger partial charge in [0.25, 0.3) is 0 Å². The van der Waals surface area contributed by atoms with Crippen molar-refractivity contribution in [3.8, 4) is 0 Å². The Bertz CT molecular complexity index is 281. The lowest BCUT2D eigenvalue weighted by Crippen LogP contribution is -2.52. The van der Waals surface area contributed by atoms with Gasteiger partial charge in [-0.05, 0) is 31.1 Å². The second kappa shape index (κ2) is 8.08. The molecule has 0 radical (unpaired) electrons. The minimum absolute atomic E-state index is 0. The van der Waals surface area contributed by atoms with Gasteiger partial charge in [-0.2, -0.15) is 0 Å². The second-order valence-electron chi connectivity index (χ2n) is 5.84. The highest BCUT2D eigenvalue weighted by Gasteiger charge is 2.28. The van der Waals surface area contributed by atoms with Crippen LogP contribution in [-0.2, 0) is 9.53 Å². The molecule has 0 saturated carbocycles. The molecule has 0 aromatic carbocycles. The largest absolute Gasteiger partial charge is 0.378 e. The number of likely N-dealkylation sites (tertiary alicyclic amines) is 1. The number of carbonyl (C=O) groups excluding carboxylic acids is 1. The number of nitrogens with one attached hydrogen (secondary N) is 1. The van der Waals surface area contributed by atoms with Crippen molar-refractivity contribution in [3.63, 3.8) is 0 Å². The SMILES string of the molecule is CC(C)C1CCCN(C(=O)C2COCCN2)CC1.Cl. The van der Waals surface area contributed by atoms with E-state index >= 15 is 0 Å². The van der Waals surface area contributed by atoms with Gasteiger partial charge in [-0.3, -0.25) is 4.79 Å². The first-order chi connectivity index (χ1) is 8.68. The predicted octanol–water partition coefficient (Wildman–Crippen LogP) is 1.68. The van der Waals surface area contributed by atoms with Crippen LogP contribution in [0.3, 0.4) is 0 Å². The van der Waals surface area contributed by atoms with Crippen molar-refractivity contribution in [2.45, 2.75) is 39.2 Å². The van der Waals surface area contributed by atoms with Gasteiger partial charge < -0.3 is 15.0 Å². The van der Waals surface area contributed by atoms with Gasteiger partial charge in [-0.25, -0.2) is 0 Å². The normalized spacial score (nSPS) is 28.7. The summed E-state index contributed by atoms with van der Waals surface area (Å²) < 4.78 is 5.37. The molecule has 5 heteroatoms. The van der Waals surface area contributed by atoms with Crippen molar-refractivity contribution in [2.75, 3.05) is 32.8 Å². The Morgan fingerprint density at radius 3 is 2.74 bits per heavy atom. The van der Waals surface area contributed by atoms with Crippen molar-refractivity contribution >= 4 is 18.3 Å². The number of nitrogens with zero attached hydrogens (tertiary/aromatic N) is 1. The number of hydrogen-bond donors (Lipinski definition) is 1. The van der Waals surface area contributed by atoms with Gasteiger partial charge in [0.15, 0.2) is 0 Å². The van der Waals surface area contributed by atoms with Crippen LogP contribution in [-0.4, -0.2) is 49.7 Å². The molecule has 0 aromatic rings. The van der Waals surface area contributed by atoms with Crippen LogP contribution in [0.5, 0.6) is 0 Å². The van der Waals surface area contributed by atoms with Crippen LogP contribution < -0.4 is 5.32 Å². The monoisotopic (exact) mass is 290 g/mol. The molecule has 2 saturated heterocycles. The van der Waals surface area contributed by atoms with E-state index in [0.717, 1.165) is 50.9 Å². The molecular formula is C14H27ClN2O2. The second-order valence-corrected chi connectivity index (χ2v) is 5.84. The molecule has 1 N–H and O–H groups in total. The van der Waals surface area contributed by atoms with Crippen LogP contribution in [0.15, 0.2) is 0 Å². The summed E-state index contributed by atoms with van der Waals surface area (Å²) >= 11 is 0. The Labute approximate surface area is 122 Å². The van der Waals surface area contributed by atoms with Crippen molar-refractivity contribution in [1.82, 2.24) is 10.2 Å². The molecule has 19 heavy (non-hydrogen) atoms. The summed E-state index contributed by atoms with van der Waals surface area (Å²) in [4.78, 5) is 14.4. The Balaban J connectivity index is 0.00000180. The van der Waals surface area contributed by atoms with Gasteiger partial charge in [-0.1, -0.05) is 13.8 Å². The first kappa shape index (κ1) is 16.7. The molecule has 112 valence electrons. The molecule has 2 atom stereocenters. The summed E-state index contributed by atoms with van der Waals surface area (Å²) in [6.07, 6.45) is 3.55. The van der Waals surface area contributed by atoms with E-state index in [4.69, 9.17) is 4.74 Å². The maximum atomic E-state index is 12.4. The molecular weight excluding hydrogens is 264 g/mol. The topological polar surface area (TPSA) is 41.6 Å². The van der Waals surface area contributed by atoms with Crippen molar-refractivity contribution in [2.24, 2.45) is 11.8 Å². The molecule has 0 spiro atoms. The zero-order chi connectivity index (χ0) is 13.0. The minimum atomic E-state index is -0.116. The molecule has 1 amide bonds. The molecule has 4 nitrogen and oxygen atoms in total. The van der Waals surface area contributed by atoms with Crippen molar-refractivity contribution in [1.29, 1.82) is 0 Å². The van der Waals surface area contributed by atoms with Crippen molar-refractivity contribution in [3.05, 3.63) is 0 Å². The fourth-order valence-electron chi connectivity index (χ4n) is 2.95. The highest BCUT2D eigenvalue weighted by molar-refractivity contribution is 5.85. The van der Waals surface area contributed by atoms with E-state index in [-0.39, 0.29) is 24.4 Å². The number of halogens is 1. The molecule has 2 heterocycles. The molecule has 2 unspecified atom stereocenters. The third-order valence-electron chi connectivity index (χ3n) is 4.25. The van der Waals surface area contributed by atoms with Crippen LogP contribution in [0, 0.1) is 11.8 Å². The molecule has 2 fully saturated rings. The highest BCUT2D eigenvalue weighted by Crippen LogP contribution is 2.24. The number of hydrogen-bond acceptors (Lipinski definition) is 3. The summed E-state index contributed by atoms with van der Waals surface area (Å²) in [5.41, 5.74) is 0. The summed E-state index contributed by atoms with van der Waals surface area (Å²) in [6.45, 7) is 8.46. The van der Waals surface area contributed by atoms with E-state index in [1.807, 2.05) is 4.90 Å². The molecule has 2 aliphatic heterocycles. The van der Waals surface area contributed by atoms with E-state index in [1.54, 1.807) is 0 Å². The van der Waals surface area contributed by atoms with E-state index in [2.05, 4.69) is 19.2 Å². The summed E-state index contributed by atoms with van der Waals surface area (Å²) in [5.74, 6) is 1.74. The Morgan fingerprint density at radius 1 is 1.32 bits per heavy atom. The smallest absolute Gasteiger partial charge is 0.242 e. The van der Waals surface area contributed by atoms with Crippen LogP contribution in [0.2, 0.25) is 0 Å². The Hall–Kier alpha value is -0.320. The lowest BCUT2D eigenvalue weighted by atomic mass is 9.89. The van der Waals surface area contributed by atoms with Gasteiger partial charge in [0.1, 0.15) is 6.04 Å². The highest BCUT2D eigenvalue weighted by atomic mass is 35.5. The number of rotatable bonds is 2. The van der Waals surface area contributed by atoms with Crippen LogP contribution >= 0.6 is 12.4 Å². The average Bonchev–Trinajstić information content (AvgIpc) is 2.64. The number of amides is 1. The Kier molecular flexibility index (Phi) is 7.11. The first-order valence-corrected chi connectivity index (χ1v) is 7.28. The minimum Gasteiger partial charge on any atom is -0.378 e. The molecule has 0 aromatic heterocycles. The zero-order valence-corrected chi connectivity index (χ0v) is 12.9. The summed E-state index contributed by atoms with van der Waals surface area (Å²) in [6, 6.07) is -0.116. The zero-order valence-electron chi connectivity index (χ0n) is 12.1. The third-order valence-corrected chi connectivity index (χ3v) is 4.25. The van der Waals surface area contributed by atoms with Gasteiger partial charge >= 0.3 is 0 Å². The molecule has 2 aliphatic rings. The van der Waals surface area contributed by atoms with Gasteiger partial charge in [0, 0.05) is 19.6 Å². The maximum absolute atomic E-state index is 12.4. The quantitative estimate of drug-likeness (QED) is 0.841. The van der Waals surface area contributed by atoms with Crippen LogP contribution in [0.25, 0.3) is 0 Å². The van der Waals surface area contributed by atoms with Gasteiger partial charge in [-0.15, -0.1) is 12.4 Å². The lowest BCUT2D eigenvalue weighted by Gasteiger charge is -2.29. The van der Waals surface area contributed by atoms with Crippen LogP contribution in [0.1, 0.15) is 33.1 Å². The molecule has 2 rings (SSSR count). The van der Waals surface area contributed by atoms with E-state index in [0.29, 0.717) is 6.61 Å². The number of ether oxygens (including phenoxy) is 1. The Morgan fingerprint density at radius 2 is 2.11 bits per heavy atom. The summed E-state index contributed by atoms with van der Waals surface area (Å²) in [5, 5.41) is 3.25. The van der Waals surface area contributed by atoms with Crippen LogP contribution in [0.4, 0.5) is 0 Å². The molecule has 0 bridgehead atoms. The fraction of sp³-hybridized carbons (Fsp3) is 0.929. The van der Waals surface area contributed by atoms with E-state index in [1.165, 1.54) is 6.42 Å². The van der Waals surface area contributed by atoms with Gasteiger partial charge in [0.2, 0.25) is 5.91 Å². The van der Waals surface area contributed by atoms with Gasteiger partial charge in [0.05, 0.1) is 13.2 Å². The third kappa shape index (κ3) is 4.62. The number of carbonyl (C=O) groups is 1. The lowest BCUT2D eigenvalue weighted by molar-refractivity contribution is -0.136. The van der Waals surface area contributed by atoms with Crippen molar-refractivity contribution < 1.29 is 9.53 Å². The first-order valence-electron chi connectivity index (χ1n) is 7.28. The van der Waals surface area contributed by atoms with E-state index in [9.17, 15) is 4.79 Å². The van der Waals surface area contributed by atoms with E-state index < -0.39 is 0 Å². The average molecular weight is 291 g/mol. The standard InChI is InChI=1S/C14H26N2O2.ClH/c1-11(2)12-4-3-7-16(8-5-12)14(17)13-10-18-9-6-15-13;/h11-13,15H,3-10H2,1-2H3;1H. The predicted molar refractivity (Wildman–Crippen MR) is 78.6 cm³/mol. The molecule has 0 aliphatic carbocycles.